The van der Waals surface area contributed by atoms with Crippen LogP contribution in [-0.4, -0.2) is 34.4 Å². The molecule has 0 radical (unpaired) electrons. The molecule has 0 aliphatic carbocycles. The number of likely N-dealkylation sites (N-methyl/N-ethyl adjacent to an activating group) is 1. The van der Waals surface area contributed by atoms with Crippen LogP contribution in [0, 0.1) is 0 Å². The topological polar surface area (TPSA) is 56.6 Å². The summed E-state index contributed by atoms with van der Waals surface area (Å²) in [5.41, 5.74) is 0.0414. The van der Waals surface area contributed by atoms with Gasteiger partial charge in [-0.2, -0.15) is 0 Å². The third-order valence-electron chi connectivity index (χ3n) is 2.27. The number of nitrogens with zero attached hydrogens (tertiary/aromatic N) is 2. The van der Waals surface area contributed by atoms with E-state index >= 15 is 0 Å². The quantitative estimate of drug-likeness (QED) is 0.810. The average Bonchev–Trinajstić information content (AvgIpc) is 2.15. The zero-order valence-electron chi connectivity index (χ0n) is 10.3. The van der Waals surface area contributed by atoms with E-state index in [0.29, 0.717) is 6.54 Å². The molecule has 1 aromatic heterocycles. The second kappa shape index (κ2) is 4.80. The van der Waals surface area contributed by atoms with Crippen molar-refractivity contribution in [3.05, 3.63) is 23.9 Å². The second-order valence-electron chi connectivity index (χ2n) is 4.79. The summed E-state index contributed by atoms with van der Waals surface area (Å²) >= 11 is 0. The summed E-state index contributed by atoms with van der Waals surface area (Å²) < 4.78 is 0. The highest BCUT2D eigenvalue weighted by Crippen LogP contribution is 2.16. The normalized spacial score (nSPS) is 13.6. The molecule has 90 valence electrons. The first-order valence-corrected chi connectivity index (χ1v) is 5.37. The Hall–Kier alpha value is -1.13. The molecule has 0 saturated heterocycles. The molecule has 0 fully saturated rings. The summed E-state index contributed by atoms with van der Waals surface area (Å²) in [6.07, 6.45) is 1.15. The largest absolute Gasteiger partial charge is 0.389 e. The summed E-state index contributed by atoms with van der Waals surface area (Å²) in [6, 6.07) is 3.68. The van der Waals surface area contributed by atoms with Gasteiger partial charge in [0.05, 0.1) is 11.7 Å². The smallest absolute Gasteiger partial charge is 0.128 e. The lowest BCUT2D eigenvalue weighted by Gasteiger charge is -2.26. The Balaban J connectivity index is 2.74. The van der Waals surface area contributed by atoms with Crippen molar-refractivity contribution in [2.75, 3.05) is 18.5 Å². The van der Waals surface area contributed by atoms with Gasteiger partial charge in [0.1, 0.15) is 5.82 Å². The fraction of sp³-hybridized carbons (Fsp3) is 0.583. The zero-order chi connectivity index (χ0) is 12.3. The molecule has 1 unspecified atom stereocenters. The van der Waals surface area contributed by atoms with Gasteiger partial charge in [0.2, 0.25) is 0 Å². The SMILES string of the molecule is CC(O)c1ccc(N(C)CC(C)(C)O)nc1. The van der Waals surface area contributed by atoms with Crippen LogP contribution in [0.3, 0.4) is 0 Å². The van der Waals surface area contributed by atoms with Gasteiger partial charge in [-0.05, 0) is 32.4 Å². The molecule has 0 aliphatic heterocycles. The predicted octanol–water partition coefficient (Wildman–Crippen LogP) is 1.34. The fourth-order valence-electron chi connectivity index (χ4n) is 1.53. The van der Waals surface area contributed by atoms with E-state index in [1.165, 1.54) is 0 Å². The lowest BCUT2D eigenvalue weighted by Crippen LogP contribution is -2.36. The number of rotatable bonds is 4. The number of anilines is 1. The van der Waals surface area contributed by atoms with Crippen LogP contribution in [0.15, 0.2) is 18.3 Å². The predicted molar refractivity (Wildman–Crippen MR) is 64.4 cm³/mol. The summed E-state index contributed by atoms with van der Waals surface area (Å²) in [6.45, 7) is 5.73. The molecule has 1 heterocycles. The van der Waals surface area contributed by atoms with E-state index in [-0.39, 0.29) is 0 Å². The van der Waals surface area contributed by atoms with Crippen LogP contribution < -0.4 is 4.90 Å². The van der Waals surface area contributed by atoms with Crippen LogP contribution in [0.25, 0.3) is 0 Å². The number of hydrogen-bond donors (Lipinski definition) is 2. The minimum Gasteiger partial charge on any atom is -0.389 e. The third-order valence-corrected chi connectivity index (χ3v) is 2.27. The maximum Gasteiger partial charge on any atom is 0.128 e. The van der Waals surface area contributed by atoms with Gasteiger partial charge in [-0.1, -0.05) is 6.07 Å². The molecule has 0 aliphatic rings. The van der Waals surface area contributed by atoms with Crippen molar-refractivity contribution in [3.63, 3.8) is 0 Å². The molecule has 0 saturated carbocycles. The number of aliphatic hydroxyl groups is 2. The fourth-order valence-corrected chi connectivity index (χ4v) is 1.53. The summed E-state index contributed by atoms with van der Waals surface area (Å²) in [7, 11) is 1.88. The van der Waals surface area contributed by atoms with Gasteiger partial charge in [0.25, 0.3) is 0 Å². The van der Waals surface area contributed by atoms with E-state index in [9.17, 15) is 10.2 Å². The maximum atomic E-state index is 9.68. The van der Waals surface area contributed by atoms with Gasteiger partial charge in [-0.3, -0.25) is 0 Å². The third kappa shape index (κ3) is 3.79. The van der Waals surface area contributed by atoms with Crippen molar-refractivity contribution in [1.82, 2.24) is 4.98 Å². The van der Waals surface area contributed by atoms with Crippen molar-refractivity contribution < 1.29 is 10.2 Å². The van der Waals surface area contributed by atoms with Gasteiger partial charge in [-0.25, -0.2) is 4.98 Å². The number of aromatic nitrogens is 1. The van der Waals surface area contributed by atoms with Gasteiger partial charge in [0.15, 0.2) is 0 Å². The molecular weight excluding hydrogens is 204 g/mol. The Morgan fingerprint density at radius 3 is 2.44 bits per heavy atom. The van der Waals surface area contributed by atoms with E-state index < -0.39 is 11.7 Å². The Bertz CT molecular complexity index is 328. The zero-order valence-corrected chi connectivity index (χ0v) is 10.3. The van der Waals surface area contributed by atoms with Crippen LogP contribution in [0.1, 0.15) is 32.4 Å². The first-order chi connectivity index (χ1) is 7.29. The Kier molecular flexibility index (Phi) is 3.88. The van der Waals surface area contributed by atoms with Crippen molar-refractivity contribution in [2.45, 2.75) is 32.5 Å². The molecular formula is C12H20N2O2. The van der Waals surface area contributed by atoms with Crippen LogP contribution in [0.5, 0.6) is 0 Å². The van der Waals surface area contributed by atoms with E-state index in [1.807, 2.05) is 24.1 Å². The Labute approximate surface area is 96.6 Å². The minimum atomic E-state index is -0.751. The van der Waals surface area contributed by atoms with Crippen molar-refractivity contribution in [3.8, 4) is 0 Å². The highest BCUT2D eigenvalue weighted by Gasteiger charge is 2.16. The molecule has 0 bridgehead atoms. The molecule has 1 aromatic rings. The minimum absolute atomic E-state index is 0.499. The molecule has 2 N–H and O–H groups in total. The average molecular weight is 224 g/mol. The molecule has 1 rings (SSSR count). The molecule has 4 heteroatoms. The Morgan fingerprint density at radius 2 is 2.06 bits per heavy atom. The summed E-state index contributed by atoms with van der Waals surface area (Å²) in [5.74, 6) is 0.784. The molecule has 0 amide bonds. The molecule has 4 nitrogen and oxygen atoms in total. The summed E-state index contributed by atoms with van der Waals surface area (Å²) in [5, 5.41) is 19.0. The van der Waals surface area contributed by atoms with Crippen molar-refractivity contribution in [1.29, 1.82) is 0 Å². The van der Waals surface area contributed by atoms with Gasteiger partial charge in [-0.15, -0.1) is 0 Å². The lowest BCUT2D eigenvalue weighted by molar-refractivity contribution is 0.0884. The molecule has 0 spiro atoms. The van der Waals surface area contributed by atoms with E-state index in [4.69, 9.17) is 0 Å². The number of hydrogen-bond acceptors (Lipinski definition) is 4. The summed E-state index contributed by atoms with van der Waals surface area (Å²) in [4.78, 5) is 6.12. The van der Waals surface area contributed by atoms with Crippen LogP contribution >= 0.6 is 0 Å². The van der Waals surface area contributed by atoms with Crippen molar-refractivity contribution in [2.24, 2.45) is 0 Å². The van der Waals surface area contributed by atoms with Crippen LogP contribution in [0.4, 0.5) is 5.82 Å². The number of aliphatic hydroxyl groups excluding tert-OH is 1. The molecule has 0 aromatic carbocycles. The molecule has 1 atom stereocenters. The van der Waals surface area contributed by atoms with Crippen molar-refractivity contribution >= 4 is 5.82 Å². The lowest BCUT2D eigenvalue weighted by atomic mass is 10.1. The van der Waals surface area contributed by atoms with Gasteiger partial charge in [0, 0.05) is 19.8 Å². The second-order valence-corrected chi connectivity index (χ2v) is 4.79. The first kappa shape index (κ1) is 12.9. The standard InChI is InChI=1S/C12H20N2O2/c1-9(15)10-5-6-11(13-7-10)14(4)8-12(2,3)16/h5-7,9,15-16H,8H2,1-4H3. The van der Waals surface area contributed by atoms with E-state index in [0.717, 1.165) is 11.4 Å². The van der Waals surface area contributed by atoms with E-state index in [2.05, 4.69) is 4.98 Å². The highest BCUT2D eigenvalue weighted by atomic mass is 16.3. The molecule has 16 heavy (non-hydrogen) atoms. The van der Waals surface area contributed by atoms with Crippen LogP contribution in [0.2, 0.25) is 0 Å². The van der Waals surface area contributed by atoms with Crippen LogP contribution in [-0.2, 0) is 0 Å². The Morgan fingerprint density at radius 1 is 1.44 bits per heavy atom. The maximum absolute atomic E-state index is 9.68. The highest BCUT2D eigenvalue weighted by molar-refractivity contribution is 5.39. The van der Waals surface area contributed by atoms with Gasteiger partial charge < -0.3 is 15.1 Å². The van der Waals surface area contributed by atoms with E-state index in [1.54, 1.807) is 27.0 Å². The first-order valence-electron chi connectivity index (χ1n) is 5.37. The monoisotopic (exact) mass is 224 g/mol. The number of pyridine rings is 1. The van der Waals surface area contributed by atoms with Gasteiger partial charge >= 0.3 is 0 Å².